The maximum absolute atomic E-state index is 3.73. The summed E-state index contributed by atoms with van der Waals surface area (Å²) in [5, 5.41) is 0. The molecule has 0 aliphatic rings. The summed E-state index contributed by atoms with van der Waals surface area (Å²) in [6.07, 6.45) is 6.64. The summed E-state index contributed by atoms with van der Waals surface area (Å²) in [6, 6.07) is 8.87. The van der Waals surface area contributed by atoms with Crippen LogP contribution in [0, 0.1) is 0 Å². The lowest BCUT2D eigenvalue weighted by molar-refractivity contribution is 0.842. The summed E-state index contributed by atoms with van der Waals surface area (Å²) in [5.41, 5.74) is 2.90. The molecule has 0 spiro atoms. The maximum Gasteiger partial charge on any atom is -0.0276 e. The van der Waals surface area contributed by atoms with E-state index in [1.54, 1.807) is 0 Å². The van der Waals surface area contributed by atoms with E-state index in [0.717, 1.165) is 12.8 Å². The van der Waals surface area contributed by atoms with E-state index >= 15 is 0 Å². The van der Waals surface area contributed by atoms with E-state index in [-0.39, 0.29) is 0 Å². The average molecular weight is 174 g/mol. The summed E-state index contributed by atoms with van der Waals surface area (Å²) in [7, 11) is 0. The molecule has 70 valence electrons. The molecule has 1 aromatic carbocycles. The van der Waals surface area contributed by atoms with E-state index in [0.29, 0.717) is 0 Å². The van der Waals surface area contributed by atoms with Crippen LogP contribution in [-0.2, 0) is 12.8 Å². The Bertz CT molecular complexity index is 260. The van der Waals surface area contributed by atoms with Gasteiger partial charge in [-0.05, 0) is 36.8 Å². The minimum Gasteiger partial charge on any atom is -0.103 e. The van der Waals surface area contributed by atoms with Crippen molar-refractivity contribution in [2.24, 2.45) is 0 Å². The van der Waals surface area contributed by atoms with Gasteiger partial charge in [0.25, 0.3) is 0 Å². The quantitative estimate of drug-likeness (QED) is 0.471. The third-order valence-electron chi connectivity index (χ3n) is 2.27. The molecule has 0 N–H and O–H groups in total. The van der Waals surface area contributed by atoms with Gasteiger partial charge in [0.15, 0.2) is 0 Å². The number of allylic oxidation sites excluding steroid dienone is 1. The van der Waals surface area contributed by atoms with E-state index in [4.69, 9.17) is 0 Å². The molecule has 0 aliphatic carbocycles. The first kappa shape index (κ1) is 10.0. The van der Waals surface area contributed by atoms with E-state index in [2.05, 4.69) is 37.8 Å². The molecule has 0 heterocycles. The first-order valence-electron chi connectivity index (χ1n) is 5.05. The van der Waals surface area contributed by atoms with Gasteiger partial charge in [-0.15, -0.1) is 6.58 Å². The second-order valence-electron chi connectivity index (χ2n) is 3.35. The highest BCUT2D eigenvalue weighted by atomic mass is 14.0. The number of aryl methyl sites for hydroxylation is 2. The Balaban J connectivity index is 2.50. The fourth-order valence-electron chi connectivity index (χ4n) is 1.46. The van der Waals surface area contributed by atoms with Gasteiger partial charge in [-0.2, -0.15) is 0 Å². The predicted octanol–water partition coefficient (Wildman–Crippen LogP) is 3.76. The summed E-state index contributed by atoms with van der Waals surface area (Å²) in [6.45, 7) is 5.92. The second kappa shape index (κ2) is 5.58. The fraction of sp³-hybridized carbons (Fsp3) is 0.385. The summed E-state index contributed by atoms with van der Waals surface area (Å²) in [4.78, 5) is 0. The molecule has 1 aromatic rings. The normalized spacial score (nSPS) is 9.92. The SMILES string of the molecule is C=CCCCc1cccc(CC)c1. The molecule has 0 unspecified atom stereocenters. The Labute approximate surface area is 81.3 Å². The van der Waals surface area contributed by atoms with Crippen molar-refractivity contribution in [1.29, 1.82) is 0 Å². The van der Waals surface area contributed by atoms with Crippen LogP contribution in [0.3, 0.4) is 0 Å². The second-order valence-corrected chi connectivity index (χ2v) is 3.35. The molecule has 0 aliphatic heterocycles. The molecule has 1 rings (SSSR count). The zero-order chi connectivity index (χ0) is 9.52. The van der Waals surface area contributed by atoms with Gasteiger partial charge in [0.05, 0.1) is 0 Å². The molecule has 0 fully saturated rings. The van der Waals surface area contributed by atoms with Crippen LogP contribution in [-0.4, -0.2) is 0 Å². The van der Waals surface area contributed by atoms with Crippen LogP contribution in [0.4, 0.5) is 0 Å². The molecule has 13 heavy (non-hydrogen) atoms. The van der Waals surface area contributed by atoms with Crippen molar-refractivity contribution in [2.75, 3.05) is 0 Å². The Morgan fingerprint density at radius 3 is 2.77 bits per heavy atom. The lowest BCUT2D eigenvalue weighted by atomic mass is 10.0. The van der Waals surface area contributed by atoms with Crippen LogP contribution in [0.25, 0.3) is 0 Å². The van der Waals surface area contributed by atoms with Crippen molar-refractivity contribution >= 4 is 0 Å². The van der Waals surface area contributed by atoms with Crippen LogP contribution in [0.5, 0.6) is 0 Å². The van der Waals surface area contributed by atoms with Crippen LogP contribution in [0.15, 0.2) is 36.9 Å². The van der Waals surface area contributed by atoms with Crippen molar-refractivity contribution in [3.05, 3.63) is 48.0 Å². The van der Waals surface area contributed by atoms with Gasteiger partial charge < -0.3 is 0 Å². The lowest BCUT2D eigenvalue weighted by Gasteiger charge is -2.02. The van der Waals surface area contributed by atoms with Gasteiger partial charge in [-0.25, -0.2) is 0 Å². The fourth-order valence-corrected chi connectivity index (χ4v) is 1.46. The monoisotopic (exact) mass is 174 g/mol. The molecule has 0 heteroatoms. The first-order chi connectivity index (χ1) is 6.36. The zero-order valence-electron chi connectivity index (χ0n) is 8.42. The van der Waals surface area contributed by atoms with Crippen molar-refractivity contribution in [1.82, 2.24) is 0 Å². The molecule has 0 radical (unpaired) electrons. The first-order valence-corrected chi connectivity index (χ1v) is 5.05. The van der Waals surface area contributed by atoms with Crippen LogP contribution < -0.4 is 0 Å². The largest absolute Gasteiger partial charge is 0.103 e. The van der Waals surface area contributed by atoms with E-state index in [1.165, 1.54) is 24.0 Å². The standard InChI is InChI=1S/C13H18/c1-3-5-6-8-13-10-7-9-12(4-2)11-13/h3,7,9-11H,1,4-6,8H2,2H3. The highest BCUT2D eigenvalue weighted by molar-refractivity contribution is 5.23. The Hall–Kier alpha value is -1.04. The maximum atomic E-state index is 3.73. The molecule has 0 nitrogen and oxygen atoms in total. The smallest absolute Gasteiger partial charge is 0.0276 e. The van der Waals surface area contributed by atoms with Crippen LogP contribution in [0.2, 0.25) is 0 Å². The topological polar surface area (TPSA) is 0 Å². The molecule has 0 aromatic heterocycles. The third-order valence-corrected chi connectivity index (χ3v) is 2.27. The van der Waals surface area contributed by atoms with Crippen molar-refractivity contribution in [3.8, 4) is 0 Å². The molecular formula is C13H18. The van der Waals surface area contributed by atoms with E-state index in [1.807, 2.05) is 6.08 Å². The number of unbranched alkanes of at least 4 members (excludes halogenated alkanes) is 1. The molecule has 0 saturated heterocycles. The van der Waals surface area contributed by atoms with Crippen LogP contribution >= 0.6 is 0 Å². The molecule has 0 saturated carbocycles. The lowest BCUT2D eigenvalue weighted by Crippen LogP contribution is -1.87. The highest BCUT2D eigenvalue weighted by Crippen LogP contribution is 2.09. The molecule has 0 bridgehead atoms. The van der Waals surface area contributed by atoms with Gasteiger partial charge in [0.2, 0.25) is 0 Å². The third kappa shape index (κ3) is 3.45. The van der Waals surface area contributed by atoms with Crippen molar-refractivity contribution in [2.45, 2.75) is 32.6 Å². The van der Waals surface area contributed by atoms with E-state index < -0.39 is 0 Å². The Kier molecular flexibility index (Phi) is 4.31. The van der Waals surface area contributed by atoms with Gasteiger partial charge in [-0.3, -0.25) is 0 Å². The number of rotatable bonds is 5. The zero-order valence-corrected chi connectivity index (χ0v) is 8.42. The number of hydrogen-bond acceptors (Lipinski definition) is 0. The Morgan fingerprint density at radius 1 is 1.31 bits per heavy atom. The summed E-state index contributed by atoms with van der Waals surface area (Å²) < 4.78 is 0. The van der Waals surface area contributed by atoms with Gasteiger partial charge in [0.1, 0.15) is 0 Å². The molecular weight excluding hydrogens is 156 g/mol. The summed E-state index contributed by atoms with van der Waals surface area (Å²) >= 11 is 0. The van der Waals surface area contributed by atoms with Gasteiger partial charge in [-0.1, -0.05) is 37.3 Å². The van der Waals surface area contributed by atoms with Crippen molar-refractivity contribution in [3.63, 3.8) is 0 Å². The predicted molar refractivity (Wildman–Crippen MR) is 59.0 cm³/mol. The molecule has 0 amide bonds. The van der Waals surface area contributed by atoms with Gasteiger partial charge >= 0.3 is 0 Å². The minimum absolute atomic E-state index is 1.12. The Morgan fingerprint density at radius 2 is 2.08 bits per heavy atom. The number of benzene rings is 1. The highest BCUT2D eigenvalue weighted by Gasteiger charge is 1.93. The summed E-state index contributed by atoms with van der Waals surface area (Å²) in [5.74, 6) is 0. The van der Waals surface area contributed by atoms with Crippen molar-refractivity contribution < 1.29 is 0 Å². The van der Waals surface area contributed by atoms with Crippen LogP contribution in [0.1, 0.15) is 30.9 Å². The number of hydrogen-bond donors (Lipinski definition) is 0. The van der Waals surface area contributed by atoms with Gasteiger partial charge in [0, 0.05) is 0 Å². The molecule has 0 atom stereocenters. The average Bonchev–Trinajstić information content (AvgIpc) is 2.19. The van der Waals surface area contributed by atoms with E-state index in [9.17, 15) is 0 Å². The minimum atomic E-state index is 1.12.